The maximum absolute atomic E-state index is 12.6. The molecule has 0 atom stereocenters. The second kappa shape index (κ2) is 9.45. The summed E-state index contributed by atoms with van der Waals surface area (Å²) in [7, 11) is -3.78. The highest BCUT2D eigenvalue weighted by Gasteiger charge is 2.31. The number of anilines is 1. The summed E-state index contributed by atoms with van der Waals surface area (Å²) in [6, 6.07) is 13.5. The molecule has 0 unspecified atom stereocenters. The number of hydrogen-bond donors (Lipinski definition) is 1. The third-order valence-corrected chi connectivity index (χ3v) is 6.18. The fourth-order valence-electron chi connectivity index (χ4n) is 2.83. The molecule has 0 fully saturated rings. The van der Waals surface area contributed by atoms with E-state index in [1.807, 2.05) is 0 Å². The van der Waals surface area contributed by atoms with Crippen LogP contribution in [0.4, 0.5) is 18.9 Å². The number of halogens is 3. The van der Waals surface area contributed by atoms with Crippen molar-refractivity contribution in [2.24, 2.45) is 0 Å². The Morgan fingerprint density at radius 3 is 2.06 bits per heavy atom. The van der Waals surface area contributed by atoms with Gasteiger partial charge in [0.2, 0.25) is 10.0 Å². The van der Waals surface area contributed by atoms with Crippen LogP contribution in [0.3, 0.4) is 0 Å². The number of nitrogens with zero attached hydrogens (tertiary/aromatic N) is 2. The van der Waals surface area contributed by atoms with Gasteiger partial charge in [0.25, 0.3) is 5.56 Å². The van der Waals surface area contributed by atoms with Crippen molar-refractivity contribution in [3.8, 4) is 17.2 Å². The zero-order chi connectivity index (χ0) is 24.2. The van der Waals surface area contributed by atoms with E-state index in [2.05, 4.69) is 4.74 Å². The molecule has 3 aromatic rings. The maximum Gasteiger partial charge on any atom is 0.573 e. The molecule has 33 heavy (non-hydrogen) atoms. The molecule has 2 aromatic carbocycles. The van der Waals surface area contributed by atoms with Gasteiger partial charge in [0.05, 0.1) is 18.0 Å². The topological polar surface area (TPSA) is 98.1 Å². The van der Waals surface area contributed by atoms with Crippen molar-refractivity contribution in [2.75, 3.05) is 10.1 Å². The van der Waals surface area contributed by atoms with Gasteiger partial charge in [0.1, 0.15) is 17.2 Å². The zero-order valence-electron chi connectivity index (χ0n) is 17.2. The molecule has 0 amide bonds. The molecule has 0 radical (unpaired) electrons. The third kappa shape index (κ3) is 6.19. The highest BCUT2D eigenvalue weighted by atomic mass is 32.2. The molecular weight excluding hydrogens is 465 g/mol. The summed E-state index contributed by atoms with van der Waals surface area (Å²) in [4.78, 5) is 12.1. The molecule has 3 rings (SSSR count). The standard InChI is InChI=1S/C21H19F3N2O6S/c1-2-33(29,30)26(14-15-4-3-13-25(28)20(15)27)16-5-7-17(8-6-16)31-18-9-11-19(12-10-18)32-21(22,23)24/h3-13,28H,2,14H2,1H3. The number of aromatic nitrogens is 1. The van der Waals surface area contributed by atoms with Crippen LogP contribution >= 0.6 is 0 Å². The lowest BCUT2D eigenvalue weighted by Crippen LogP contribution is -2.35. The van der Waals surface area contributed by atoms with Crippen molar-refractivity contribution < 1.29 is 36.3 Å². The number of pyridine rings is 1. The van der Waals surface area contributed by atoms with Crippen molar-refractivity contribution in [1.29, 1.82) is 0 Å². The molecule has 0 aliphatic carbocycles. The normalized spacial score (nSPS) is 11.8. The molecule has 0 saturated heterocycles. The molecular formula is C21H19F3N2O6S. The van der Waals surface area contributed by atoms with Gasteiger partial charge < -0.3 is 14.7 Å². The lowest BCUT2D eigenvalue weighted by Gasteiger charge is -2.24. The number of ether oxygens (including phenoxy) is 2. The minimum atomic E-state index is -4.80. The first kappa shape index (κ1) is 24.0. The van der Waals surface area contributed by atoms with E-state index in [1.54, 1.807) is 0 Å². The van der Waals surface area contributed by atoms with E-state index in [0.717, 1.165) is 22.6 Å². The SMILES string of the molecule is CCS(=O)(=O)N(Cc1cccn(O)c1=O)c1ccc(Oc2ccc(OC(F)(F)F)cc2)cc1. The van der Waals surface area contributed by atoms with Gasteiger partial charge in [0.15, 0.2) is 0 Å². The molecule has 0 bridgehead atoms. The van der Waals surface area contributed by atoms with E-state index in [9.17, 15) is 31.6 Å². The highest BCUT2D eigenvalue weighted by molar-refractivity contribution is 7.92. The first-order valence-corrected chi connectivity index (χ1v) is 11.1. The predicted octanol–water partition coefficient (Wildman–Crippen LogP) is 4.13. The van der Waals surface area contributed by atoms with E-state index in [4.69, 9.17) is 4.74 Å². The van der Waals surface area contributed by atoms with E-state index in [-0.39, 0.29) is 29.3 Å². The minimum absolute atomic E-state index is 0.0681. The van der Waals surface area contributed by atoms with Gasteiger partial charge in [-0.3, -0.25) is 9.10 Å². The van der Waals surface area contributed by atoms with Crippen LogP contribution in [-0.4, -0.2) is 30.5 Å². The fraction of sp³-hybridized carbons (Fsp3) is 0.190. The molecule has 12 heteroatoms. The van der Waals surface area contributed by atoms with Crippen LogP contribution in [-0.2, 0) is 16.6 Å². The number of hydrogen-bond acceptors (Lipinski definition) is 6. The van der Waals surface area contributed by atoms with Gasteiger partial charge in [-0.1, -0.05) is 0 Å². The van der Waals surface area contributed by atoms with Gasteiger partial charge >= 0.3 is 6.36 Å². The summed E-state index contributed by atoms with van der Waals surface area (Å²) in [5, 5.41) is 9.55. The molecule has 0 saturated carbocycles. The molecule has 1 N–H and O–H groups in total. The van der Waals surface area contributed by atoms with Crippen LogP contribution in [0.15, 0.2) is 71.7 Å². The predicted molar refractivity (Wildman–Crippen MR) is 113 cm³/mol. The summed E-state index contributed by atoms with van der Waals surface area (Å²) in [6.07, 6.45) is -3.66. The number of benzene rings is 2. The molecule has 176 valence electrons. The Bertz CT molecular complexity index is 1260. The summed E-state index contributed by atoms with van der Waals surface area (Å²) >= 11 is 0. The zero-order valence-corrected chi connectivity index (χ0v) is 18.0. The van der Waals surface area contributed by atoms with E-state index in [1.165, 1.54) is 55.5 Å². The van der Waals surface area contributed by atoms with Crippen molar-refractivity contribution in [2.45, 2.75) is 19.8 Å². The Kier molecular flexibility index (Phi) is 6.86. The second-order valence-corrected chi connectivity index (χ2v) is 8.89. The van der Waals surface area contributed by atoms with Crippen molar-refractivity contribution >= 4 is 15.7 Å². The Morgan fingerprint density at radius 2 is 1.52 bits per heavy atom. The second-order valence-electron chi connectivity index (χ2n) is 6.71. The summed E-state index contributed by atoms with van der Waals surface area (Å²) < 4.78 is 72.8. The van der Waals surface area contributed by atoms with Crippen molar-refractivity contribution in [1.82, 2.24) is 4.73 Å². The Morgan fingerprint density at radius 1 is 0.970 bits per heavy atom. The Hall–Kier alpha value is -3.67. The minimum Gasteiger partial charge on any atom is -0.457 e. The summed E-state index contributed by atoms with van der Waals surface area (Å²) in [5.74, 6) is -0.0799. The van der Waals surface area contributed by atoms with Crippen LogP contribution in [0.1, 0.15) is 12.5 Å². The summed E-state index contributed by atoms with van der Waals surface area (Å²) in [5.41, 5.74) is -0.420. The lowest BCUT2D eigenvalue weighted by atomic mass is 10.2. The average Bonchev–Trinajstić information content (AvgIpc) is 2.76. The summed E-state index contributed by atoms with van der Waals surface area (Å²) in [6.45, 7) is 1.17. The van der Waals surface area contributed by atoms with Gasteiger partial charge in [-0.25, -0.2) is 8.42 Å². The monoisotopic (exact) mass is 484 g/mol. The molecule has 1 aromatic heterocycles. The average molecular weight is 484 g/mol. The highest BCUT2D eigenvalue weighted by Crippen LogP contribution is 2.29. The van der Waals surface area contributed by atoms with E-state index in [0.29, 0.717) is 10.5 Å². The van der Waals surface area contributed by atoms with Crippen LogP contribution in [0, 0.1) is 0 Å². The van der Waals surface area contributed by atoms with Gasteiger partial charge in [-0.2, -0.15) is 4.73 Å². The van der Waals surface area contributed by atoms with E-state index >= 15 is 0 Å². The van der Waals surface area contributed by atoms with Crippen LogP contribution in [0.25, 0.3) is 0 Å². The Labute approximate surface area is 187 Å². The van der Waals surface area contributed by atoms with Gasteiger partial charge in [0, 0.05) is 11.8 Å². The van der Waals surface area contributed by atoms with Crippen LogP contribution < -0.4 is 19.3 Å². The van der Waals surface area contributed by atoms with E-state index < -0.39 is 27.7 Å². The largest absolute Gasteiger partial charge is 0.573 e. The van der Waals surface area contributed by atoms with Crippen LogP contribution in [0.2, 0.25) is 0 Å². The number of alkyl halides is 3. The first-order chi connectivity index (χ1) is 15.5. The molecule has 8 nitrogen and oxygen atoms in total. The number of sulfonamides is 1. The van der Waals surface area contributed by atoms with Crippen molar-refractivity contribution in [3.05, 3.63) is 82.8 Å². The van der Waals surface area contributed by atoms with Crippen LogP contribution in [0.5, 0.6) is 17.2 Å². The molecule has 1 heterocycles. The lowest BCUT2D eigenvalue weighted by molar-refractivity contribution is -0.274. The fourth-order valence-corrected chi connectivity index (χ4v) is 3.92. The smallest absolute Gasteiger partial charge is 0.457 e. The van der Waals surface area contributed by atoms with Gasteiger partial charge in [-0.05, 0) is 67.6 Å². The quantitative estimate of drug-likeness (QED) is 0.483. The Balaban J connectivity index is 1.80. The first-order valence-electron chi connectivity index (χ1n) is 9.52. The van der Waals surface area contributed by atoms with Gasteiger partial charge in [-0.15, -0.1) is 13.2 Å². The molecule has 0 aliphatic heterocycles. The number of rotatable bonds is 8. The third-order valence-electron chi connectivity index (χ3n) is 4.44. The molecule has 0 aliphatic rings. The maximum atomic E-state index is 12.6. The molecule has 0 spiro atoms. The van der Waals surface area contributed by atoms with Crippen molar-refractivity contribution in [3.63, 3.8) is 0 Å².